The number of carboxylic acid groups (broad SMARTS) is 1. The SMILES string of the molecule is NC(Cn1c(=O)c2c(n(Cc3c(F)cccc3C(F)(F)F)c1=O)COC21CCN(Cc2ccc(C(=O)O)cc2)CC1)c1ccccc1. The third-order valence-electron chi connectivity index (χ3n) is 9.09. The number of hydrogen-bond donors (Lipinski definition) is 2. The van der Waals surface area contributed by atoms with E-state index in [-0.39, 0.29) is 30.0 Å². The van der Waals surface area contributed by atoms with Gasteiger partial charge in [0.1, 0.15) is 11.4 Å². The van der Waals surface area contributed by atoms with Gasteiger partial charge in [0.25, 0.3) is 5.56 Å². The topological polar surface area (TPSA) is 120 Å². The Bertz CT molecular complexity index is 1910. The van der Waals surface area contributed by atoms with Gasteiger partial charge in [-0.05, 0) is 48.2 Å². The first-order valence-electron chi connectivity index (χ1n) is 15.1. The van der Waals surface area contributed by atoms with E-state index >= 15 is 4.39 Å². The maximum atomic E-state index is 15.0. The van der Waals surface area contributed by atoms with E-state index in [0.717, 1.165) is 32.9 Å². The van der Waals surface area contributed by atoms with Crippen molar-refractivity contribution in [2.45, 2.75) is 56.9 Å². The van der Waals surface area contributed by atoms with Gasteiger partial charge in [0.05, 0.1) is 42.1 Å². The number of rotatable bonds is 8. The minimum absolute atomic E-state index is 0.124. The van der Waals surface area contributed by atoms with Crippen molar-refractivity contribution >= 4 is 5.97 Å². The van der Waals surface area contributed by atoms with Crippen LogP contribution >= 0.6 is 0 Å². The largest absolute Gasteiger partial charge is 0.478 e. The second-order valence-electron chi connectivity index (χ2n) is 11.9. The Kier molecular flexibility index (Phi) is 8.64. The molecular formula is C34H32F4N4O5. The Hall–Kier alpha value is -4.59. The normalized spacial score (nSPS) is 16.7. The van der Waals surface area contributed by atoms with Crippen LogP contribution in [0.5, 0.6) is 0 Å². The van der Waals surface area contributed by atoms with Gasteiger partial charge in [-0.15, -0.1) is 0 Å². The fraction of sp³-hybridized carbons (Fsp3) is 0.324. The van der Waals surface area contributed by atoms with Crippen LogP contribution in [0.2, 0.25) is 0 Å². The van der Waals surface area contributed by atoms with E-state index in [0.29, 0.717) is 38.0 Å². The van der Waals surface area contributed by atoms with Crippen LogP contribution in [-0.2, 0) is 42.8 Å². The molecule has 3 heterocycles. The van der Waals surface area contributed by atoms with Gasteiger partial charge in [0, 0.05) is 31.2 Å². The molecule has 0 aliphatic carbocycles. The van der Waals surface area contributed by atoms with Crippen molar-refractivity contribution in [3.63, 3.8) is 0 Å². The molecule has 1 saturated heterocycles. The standard InChI is InChI=1S/C34H32F4N4O5/c35-26-8-4-7-25(34(36,37)38)24(26)18-41-28-20-47-33(13-15-40(16-14-33)17-21-9-11-23(12-10-21)31(44)45)29(28)30(43)42(32(41)46)19-27(39)22-5-2-1-3-6-22/h1-12,27H,13-20,39H2,(H,44,45). The molecule has 0 saturated carbocycles. The molecular weight excluding hydrogens is 620 g/mol. The molecule has 9 nitrogen and oxygen atoms in total. The van der Waals surface area contributed by atoms with E-state index in [9.17, 15) is 32.7 Å². The average Bonchev–Trinajstić information content (AvgIpc) is 3.41. The minimum atomic E-state index is -4.88. The molecule has 4 aromatic rings. The van der Waals surface area contributed by atoms with Gasteiger partial charge in [-0.2, -0.15) is 13.2 Å². The summed E-state index contributed by atoms with van der Waals surface area (Å²) >= 11 is 0. The van der Waals surface area contributed by atoms with Crippen molar-refractivity contribution in [1.29, 1.82) is 0 Å². The van der Waals surface area contributed by atoms with Crippen molar-refractivity contribution in [2.24, 2.45) is 5.73 Å². The monoisotopic (exact) mass is 652 g/mol. The number of nitrogens with zero attached hydrogens (tertiary/aromatic N) is 3. The molecule has 1 aromatic heterocycles. The Morgan fingerprint density at radius 3 is 2.26 bits per heavy atom. The van der Waals surface area contributed by atoms with Crippen molar-refractivity contribution in [3.05, 3.63) is 139 Å². The van der Waals surface area contributed by atoms with Crippen LogP contribution in [0.3, 0.4) is 0 Å². The first kappa shape index (κ1) is 32.4. The van der Waals surface area contributed by atoms with Crippen LogP contribution in [0.25, 0.3) is 0 Å². The van der Waals surface area contributed by atoms with E-state index in [2.05, 4.69) is 4.90 Å². The predicted molar refractivity (Wildman–Crippen MR) is 163 cm³/mol. The molecule has 13 heteroatoms. The highest BCUT2D eigenvalue weighted by atomic mass is 19.4. The zero-order valence-corrected chi connectivity index (χ0v) is 25.2. The van der Waals surface area contributed by atoms with E-state index in [1.54, 1.807) is 42.5 Å². The maximum absolute atomic E-state index is 15.0. The zero-order chi connectivity index (χ0) is 33.5. The number of aromatic nitrogens is 2. The molecule has 47 heavy (non-hydrogen) atoms. The lowest BCUT2D eigenvalue weighted by Gasteiger charge is -2.39. The number of likely N-dealkylation sites (tertiary alicyclic amines) is 1. The molecule has 3 aromatic carbocycles. The number of carboxylic acids is 1. The van der Waals surface area contributed by atoms with Crippen LogP contribution in [0.15, 0.2) is 82.4 Å². The lowest BCUT2D eigenvalue weighted by atomic mass is 9.85. The second kappa shape index (κ2) is 12.5. The van der Waals surface area contributed by atoms with Crippen LogP contribution in [0.4, 0.5) is 17.6 Å². The van der Waals surface area contributed by atoms with Gasteiger partial charge >= 0.3 is 17.8 Å². The predicted octanol–water partition coefficient (Wildman–Crippen LogP) is 4.64. The summed E-state index contributed by atoms with van der Waals surface area (Å²) in [4.78, 5) is 41.5. The molecule has 0 bridgehead atoms. The van der Waals surface area contributed by atoms with E-state index in [4.69, 9.17) is 10.5 Å². The number of carbonyl (C=O) groups is 1. The summed E-state index contributed by atoms with van der Waals surface area (Å²) in [5.74, 6) is -2.15. The molecule has 3 N–H and O–H groups in total. The fourth-order valence-corrected chi connectivity index (χ4v) is 6.58. The zero-order valence-electron chi connectivity index (χ0n) is 25.2. The van der Waals surface area contributed by atoms with Crippen LogP contribution in [0.1, 0.15) is 62.8 Å². The molecule has 1 spiro atoms. The molecule has 0 radical (unpaired) electrons. The molecule has 6 rings (SSSR count). The Morgan fingerprint density at radius 1 is 0.936 bits per heavy atom. The summed E-state index contributed by atoms with van der Waals surface area (Å²) in [5.41, 5.74) is 3.85. The highest BCUT2D eigenvalue weighted by Gasteiger charge is 2.47. The van der Waals surface area contributed by atoms with Crippen LogP contribution < -0.4 is 17.0 Å². The van der Waals surface area contributed by atoms with Gasteiger partial charge < -0.3 is 15.6 Å². The second-order valence-corrected chi connectivity index (χ2v) is 11.9. The Labute approximate surface area is 266 Å². The third-order valence-corrected chi connectivity index (χ3v) is 9.09. The fourth-order valence-electron chi connectivity index (χ4n) is 6.58. The summed E-state index contributed by atoms with van der Waals surface area (Å²) in [6.45, 7) is 0.250. The first-order chi connectivity index (χ1) is 22.4. The molecule has 1 atom stereocenters. The number of halogens is 4. The summed E-state index contributed by atoms with van der Waals surface area (Å²) in [7, 11) is 0. The molecule has 1 fully saturated rings. The maximum Gasteiger partial charge on any atom is 0.416 e. The Balaban J connectivity index is 1.38. The number of benzene rings is 3. The molecule has 2 aliphatic heterocycles. The number of fused-ring (bicyclic) bond motifs is 2. The number of alkyl halides is 3. The Morgan fingerprint density at radius 2 is 1.62 bits per heavy atom. The molecule has 1 unspecified atom stereocenters. The van der Waals surface area contributed by atoms with E-state index in [1.807, 2.05) is 0 Å². The number of piperidine rings is 1. The lowest BCUT2D eigenvalue weighted by Crippen LogP contribution is -2.49. The van der Waals surface area contributed by atoms with Gasteiger partial charge in [-0.25, -0.2) is 14.0 Å². The van der Waals surface area contributed by atoms with E-state index in [1.165, 1.54) is 12.1 Å². The number of ether oxygens (including phenoxy) is 1. The third kappa shape index (κ3) is 6.25. The first-order valence-corrected chi connectivity index (χ1v) is 15.1. The van der Waals surface area contributed by atoms with Crippen molar-refractivity contribution in [3.8, 4) is 0 Å². The van der Waals surface area contributed by atoms with Gasteiger partial charge in [-0.1, -0.05) is 48.5 Å². The summed E-state index contributed by atoms with van der Waals surface area (Å²) in [6.07, 6.45) is -4.19. The lowest BCUT2D eigenvalue weighted by molar-refractivity contribution is -0.138. The van der Waals surface area contributed by atoms with Gasteiger partial charge in [-0.3, -0.25) is 18.8 Å². The van der Waals surface area contributed by atoms with Crippen molar-refractivity contribution in [2.75, 3.05) is 13.1 Å². The molecule has 246 valence electrons. The number of hydrogen-bond acceptors (Lipinski definition) is 6. The van der Waals surface area contributed by atoms with Crippen molar-refractivity contribution < 1.29 is 32.2 Å². The average molecular weight is 653 g/mol. The summed E-state index contributed by atoms with van der Waals surface area (Å²) in [5, 5.41) is 9.18. The highest BCUT2D eigenvalue weighted by Crippen LogP contribution is 2.43. The molecule has 0 amide bonds. The number of aromatic carboxylic acids is 1. The number of nitrogens with two attached hydrogens (primary N) is 1. The van der Waals surface area contributed by atoms with E-state index < -0.39 is 58.5 Å². The van der Waals surface area contributed by atoms with Crippen LogP contribution in [0, 0.1) is 5.82 Å². The minimum Gasteiger partial charge on any atom is -0.478 e. The van der Waals surface area contributed by atoms with Gasteiger partial charge in [0.15, 0.2) is 0 Å². The van der Waals surface area contributed by atoms with Gasteiger partial charge in [0.2, 0.25) is 0 Å². The molecule has 2 aliphatic rings. The van der Waals surface area contributed by atoms with Crippen LogP contribution in [-0.4, -0.2) is 38.2 Å². The van der Waals surface area contributed by atoms with Crippen molar-refractivity contribution in [1.82, 2.24) is 14.0 Å². The summed E-state index contributed by atoms with van der Waals surface area (Å²) in [6, 6.07) is 17.1. The highest BCUT2D eigenvalue weighted by molar-refractivity contribution is 5.87. The smallest absolute Gasteiger partial charge is 0.416 e. The quantitative estimate of drug-likeness (QED) is 0.267. The summed E-state index contributed by atoms with van der Waals surface area (Å²) < 4.78 is 65.1.